The second kappa shape index (κ2) is 23.5. The van der Waals surface area contributed by atoms with E-state index in [0.717, 1.165) is 13.0 Å². The van der Waals surface area contributed by atoms with Crippen LogP contribution >= 0.6 is 0 Å². The molecule has 0 aliphatic heterocycles. The van der Waals surface area contributed by atoms with Gasteiger partial charge < -0.3 is 5.32 Å². The predicted molar refractivity (Wildman–Crippen MR) is 112 cm³/mol. The van der Waals surface area contributed by atoms with Crippen LogP contribution in [0, 0.1) is 0 Å². The summed E-state index contributed by atoms with van der Waals surface area (Å²) in [5.41, 5.74) is 0. The summed E-state index contributed by atoms with van der Waals surface area (Å²) in [5.74, 6) is 0. The van der Waals surface area contributed by atoms with Crippen molar-refractivity contribution in [3.05, 3.63) is 0 Å². The monoisotopic (exact) mass is 352 g/mol. The van der Waals surface area contributed by atoms with E-state index in [9.17, 15) is 4.79 Å². The smallest absolute Gasteiger partial charge is 0.309 e. The molecule has 0 heterocycles. The fourth-order valence-electron chi connectivity index (χ4n) is 3.52. The van der Waals surface area contributed by atoms with Crippen molar-refractivity contribution in [2.45, 2.75) is 135 Å². The highest BCUT2D eigenvalue weighted by atomic mass is 16.1. The zero-order valence-corrected chi connectivity index (χ0v) is 17.3. The number of hydrogen-bond donors (Lipinski definition) is 1. The lowest BCUT2D eigenvalue weighted by Gasteiger charge is -2.04. The number of rotatable bonds is 22. The summed E-state index contributed by atoms with van der Waals surface area (Å²) < 4.78 is 0. The summed E-state index contributed by atoms with van der Waals surface area (Å²) in [6, 6.07) is 0. The Kier molecular flexibility index (Phi) is 23.0. The van der Waals surface area contributed by atoms with Crippen molar-refractivity contribution in [1.82, 2.24) is 5.32 Å². The Morgan fingerprint density at radius 3 is 1.04 bits per heavy atom. The van der Waals surface area contributed by atoms with Gasteiger partial charge in [0.2, 0.25) is 0 Å². The highest BCUT2D eigenvalue weighted by Gasteiger charge is 1.95. The first-order valence-electron chi connectivity index (χ1n) is 11.5. The van der Waals surface area contributed by atoms with Gasteiger partial charge in [-0.3, -0.25) is 4.79 Å². The minimum Gasteiger partial charge on any atom is -0.348 e. The van der Waals surface area contributed by atoms with Gasteiger partial charge in [0.15, 0.2) is 0 Å². The van der Waals surface area contributed by atoms with E-state index in [4.69, 9.17) is 0 Å². The molecule has 0 aromatic carbocycles. The second-order valence-corrected chi connectivity index (χ2v) is 7.75. The van der Waals surface area contributed by atoms with Gasteiger partial charge in [0.25, 0.3) is 0 Å². The minimum absolute atomic E-state index is 0.794. The lowest BCUT2D eigenvalue weighted by Crippen LogP contribution is -2.11. The van der Waals surface area contributed by atoms with Crippen molar-refractivity contribution >= 4 is 6.41 Å². The van der Waals surface area contributed by atoms with Gasteiger partial charge in [0.05, 0.1) is 0 Å². The van der Waals surface area contributed by atoms with Crippen LogP contribution < -0.4 is 5.32 Å². The molecule has 0 saturated carbocycles. The molecule has 1 amide bonds. The molecule has 0 aromatic heterocycles. The molecule has 0 atom stereocenters. The topological polar surface area (TPSA) is 29.1 Å². The average Bonchev–Trinajstić information content (AvgIpc) is 2.63. The van der Waals surface area contributed by atoms with Crippen LogP contribution in [-0.2, 0) is 4.79 Å². The maximum Gasteiger partial charge on any atom is 0.309 e. The van der Waals surface area contributed by atoms with Crippen LogP contribution in [-0.4, -0.2) is 13.0 Å². The summed E-state index contributed by atoms with van der Waals surface area (Å²) in [6.07, 6.45) is 29.8. The molecule has 0 saturated heterocycles. The molecule has 1 radical (unpaired) electrons. The maximum atomic E-state index is 9.97. The molecule has 0 fully saturated rings. The van der Waals surface area contributed by atoms with E-state index < -0.39 is 0 Å². The van der Waals surface area contributed by atoms with Crippen LogP contribution in [0.2, 0.25) is 0 Å². The first-order valence-corrected chi connectivity index (χ1v) is 11.5. The lowest BCUT2D eigenvalue weighted by atomic mass is 10.0. The third-order valence-corrected chi connectivity index (χ3v) is 5.23. The molecule has 1 N–H and O–H groups in total. The number of hydrogen-bond acceptors (Lipinski definition) is 1. The summed E-state index contributed by atoms with van der Waals surface area (Å²) in [6.45, 7) is 3.08. The summed E-state index contributed by atoms with van der Waals surface area (Å²) >= 11 is 0. The van der Waals surface area contributed by atoms with Crippen LogP contribution in [0.1, 0.15) is 135 Å². The highest BCUT2D eigenvalue weighted by Crippen LogP contribution is 2.14. The number of carbonyl (C=O) groups excluding carboxylic acids is 1. The Morgan fingerprint density at radius 2 is 0.760 bits per heavy atom. The zero-order valence-electron chi connectivity index (χ0n) is 17.3. The molecule has 0 aromatic rings. The van der Waals surface area contributed by atoms with Crippen molar-refractivity contribution in [2.75, 3.05) is 6.54 Å². The van der Waals surface area contributed by atoms with Gasteiger partial charge in [0.1, 0.15) is 0 Å². The molecular formula is C23H46NO. The quantitative estimate of drug-likeness (QED) is 0.159. The SMILES string of the molecule is CCCCCCCCCCCCCCCCCCCCCCN[C]=O. The molecule has 0 aliphatic carbocycles. The Hall–Kier alpha value is -0.530. The molecule has 2 heteroatoms. The van der Waals surface area contributed by atoms with Crippen molar-refractivity contribution in [1.29, 1.82) is 0 Å². The summed E-state index contributed by atoms with van der Waals surface area (Å²) in [7, 11) is 0. The van der Waals surface area contributed by atoms with Gasteiger partial charge in [-0.15, -0.1) is 0 Å². The zero-order chi connectivity index (χ0) is 18.3. The Labute approximate surface area is 158 Å². The second-order valence-electron chi connectivity index (χ2n) is 7.75. The van der Waals surface area contributed by atoms with Crippen LogP contribution in [0.15, 0.2) is 0 Å². The van der Waals surface area contributed by atoms with Crippen molar-refractivity contribution in [3.63, 3.8) is 0 Å². The van der Waals surface area contributed by atoms with Crippen LogP contribution in [0.25, 0.3) is 0 Å². The van der Waals surface area contributed by atoms with Gasteiger partial charge in [-0.1, -0.05) is 129 Å². The van der Waals surface area contributed by atoms with Gasteiger partial charge in [0, 0.05) is 6.54 Å². The molecule has 0 aliphatic rings. The molecule has 149 valence electrons. The average molecular weight is 353 g/mol. The van der Waals surface area contributed by atoms with Crippen molar-refractivity contribution in [2.24, 2.45) is 0 Å². The Balaban J connectivity index is 2.95. The number of nitrogens with one attached hydrogen (secondary N) is 1. The lowest BCUT2D eigenvalue weighted by molar-refractivity contribution is 0.519. The fraction of sp³-hybridized carbons (Fsp3) is 0.957. The van der Waals surface area contributed by atoms with E-state index in [0.29, 0.717) is 0 Å². The van der Waals surface area contributed by atoms with Crippen LogP contribution in [0.4, 0.5) is 0 Å². The molecule has 0 bridgehead atoms. The standard InChI is InChI=1S/C23H46NO/c1-2-3-4-5-6-7-8-9-10-11-12-13-14-15-16-17-18-19-20-21-22-24-23-25/h2-22H2,1H3,(H,24,25). The number of amides is 1. The van der Waals surface area contributed by atoms with Gasteiger partial charge in [-0.05, 0) is 6.42 Å². The van der Waals surface area contributed by atoms with Crippen molar-refractivity contribution < 1.29 is 4.79 Å². The largest absolute Gasteiger partial charge is 0.348 e. The molecular weight excluding hydrogens is 306 g/mol. The minimum atomic E-state index is 0.794. The van der Waals surface area contributed by atoms with E-state index in [1.165, 1.54) is 122 Å². The van der Waals surface area contributed by atoms with Crippen molar-refractivity contribution in [3.8, 4) is 0 Å². The van der Waals surface area contributed by atoms with Crippen LogP contribution in [0.5, 0.6) is 0 Å². The van der Waals surface area contributed by atoms with E-state index in [1.807, 2.05) is 0 Å². The normalized spacial score (nSPS) is 10.9. The Morgan fingerprint density at radius 1 is 0.480 bits per heavy atom. The van der Waals surface area contributed by atoms with E-state index in [1.54, 1.807) is 6.41 Å². The third kappa shape index (κ3) is 23.5. The number of unbranched alkanes of at least 4 members (excludes halogenated alkanes) is 19. The van der Waals surface area contributed by atoms with E-state index in [2.05, 4.69) is 12.2 Å². The summed E-state index contributed by atoms with van der Waals surface area (Å²) in [5, 5.41) is 2.60. The first kappa shape index (κ1) is 24.5. The molecule has 25 heavy (non-hydrogen) atoms. The first-order chi connectivity index (χ1) is 12.4. The molecule has 2 nitrogen and oxygen atoms in total. The van der Waals surface area contributed by atoms with Gasteiger partial charge in [-0.25, -0.2) is 0 Å². The van der Waals surface area contributed by atoms with Gasteiger partial charge in [-0.2, -0.15) is 0 Å². The fourth-order valence-corrected chi connectivity index (χ4v) is 3.52. The maximum absolute atomic E-state index is 9.97. The molecule has 0 unspecified atom stereocenters. The molecule has 0 spiro atoms. The van der Waals surface area contributed by atoms with E-state index >= 15 is 0 Å². The summed E-state index contributed by atoms with van der Waals surface area (Å²) in [4.78, 5) is 9.97. The highest BCUT2D eigenvalue weighted by molar-refractivity contribution is 5.46. The Bertz CT molecular complexity index is 242. The van der Waals surface area contributed by atoms with E-state index in [-0.39, 0.29) is 0 Å². The predicted octanol–water partition coefficient (Wildman–Crippen LogP) is 7.47. The third-order valence-electron chi connectivity index (χ3n) is 5.23. The molecule has 0 rings (SSSR count). The van der Waals surface area contributed by atoms with Crippen LogP contribution in [0.3, 0.4) is 0 Å². The van der Waals surface area contributed by atoms with Gasteiger partial charge >= 0.3 is 6.41 Å².